The van der Waals surface area contributed by atoms with Crippen molar-refractivity contribution in [3.8, 4) is 0 Å². The third-order valence-corrected chi connectivity index (χ3v) is 7.91. The first-order valence-corrected chi connectivity index (χ1v) is 11.9. The predicted molar refractivity (Wildman–Crippen MR) is 129 cm³/mol. The Labute approximate surface area is 200 Å². The molecule has 1 amide bonds. The van der Waals surface area contributed by atoms with Crippen molar-refractivity contribution in [1.82, 2.24) is 14.8 Å². The number of likely N-dealkylation sites (tertiary alicyclic amines) is 1. The van der Waals surface area contributed by atoms with Gasteiger partial charge >= 0.3 is 0 Å². The minimum absolute atomic E-state index is 0.000821. The fourth-order valence-electron chi connectivity index (χ4n) is 5.74. The summed E-state index contributed by atoms with van der Waals surface area (Å²) < 4.78 is 36.6. The Bertz CT molecular complexity index is 1110. The van der Waals surface area contributed by atoms with Crippen molar-refractivity contribution in [2.75, 3.05) is 32.6 Å². The van der Waals surface area contributed by atoms with Crippen LogP contribution in [0.2, 0.25) is 0 Å². The third-order valence-electron chi connectivity index (χ3n) is 7.91. The molecule has 4 rings (SSSR count). The highest BCUT2D eigenvalue weighted by Crippen LogP contribution is 2.53. The van der Waals surface area contributed by atoms with Crippen LogP contribution in [-0.4, -0.2) is 42.6 Å². The molecule has 1 aromatic carbocycles. The summed E-state index contributed by atoms with van der Waals surface area (Å²) in [5.41, 5.74) is 2.14. The monoisotopic (exact) mass is 474 g/mol. The Morgan fingerprint density at radius 3 is 2.62 bits per heavy atom. The fourth-order valence-corrected chi connectivity index (χ4v) is 5.74. The summed E-state index contributed by atoms with van der Waals surface area (Å²) in [7, 11) is 3.72. The molecule has 0 radical (unpaired) electrons. The maximum Gasteiger partial charge on any atom is 0.270 e. The lowest BCUT2D eigenvalue weighted by molar-refractivity contribution is 0.00857. The highest BCUT2D eigenvalue weighted by molar-refractivity contribution is 6.01. The topological polar surface area (TPSA) is 58.5 Å². The zero-order valence-corrected chi connectivity index (χ0v) is 21.2. The van der Waals surface area contributed by atoms with Crippen molar-refractivity contribution >= 4 is 17.3 Å². The van der Waals surface area contributed by atoms with Gasteiger partial charge in [0.15, 0.2) is 11.6 Å². The molecule has 6 nitrogen and oxygen atoms in total. The van der Waals surface area contributed by atoms with Gasteiger partial charge in [0, 0.05) is 25.3 Å². The molecule has 186 valence electrons. The lowest BCUT2D eigenvalue weighted by Crippen LogP contribution is -2.49. The lowest BCUT2D eigenvalue weighted by atomic mass is 9.67. The highest BCUT2D eigenvalue weighted by Gasteiger charge is 2.48. The van der Waals surface area contributed by atoms with Crippen LogP contribution in [0.4, 0.5) is 20.2 Å². The maximum absolute atomic E-state index is 14.8. The van der Waals surface area contributed by atoms with Crippen LogP contribution in [0, 0.1) is 23.0 Å². The number of rotatable bonds is 5. The molecule has 2 aliphatic heterocycles. The van der Waals surface area contributed by atoms with Gasteiger partial charge in [-0.05, 0) is 57.3 Å². The number of anilines is 2. The van der Waals surface area contributed by atoms with Crippen LogP contribution in [0.25, 0.3) is 0 Å². The van der Waals surface area contributed by atoms with E-state index in [2.05, 4.69) is 57.2 Å². The van der Waals surface area contributed by atoms with Crippen LogP contribution >= 0.6 is 0 Å². The number of carbonyl (C=O) groups excluding carboxylic acids is 1. The zero-order chi connectivity index (χ0) is 25.0. The summed E-state index contributed by atoms with van der Waals surface area (Å²) in [6, 6.07) is 3.97. The molecular formula is C26H36F2N4O2. The van der Waals surface area contributed by atoms with Crippen molar-refractivity contribution in [2.24, 2.45) is 11.3 Å². The molecule has 8 heteroatoms. The summed E-state index contributed by atoms with van der Waals surface area (Å²) in [6.45, 7) is 12.5. The van der Waals surface area contributed by atoms with Crippen molar-refractivity contribution in [3.05, 3.63) is 46.8 Å². The predicted octanol–water partition coefficient (Wildman–Crippen LogP) is 5.17. The van der Waals surface area contributed by atoms with Crippen molar-refractivity contribution < 1.29 is 18.3 Å². The van der Waals surface area contributed by atoms with E-state index in [4.69, 9.17) is 4.74 Å². The van der Waals surface area contributed by atoms with E-state index in [9.17, 15) is 13.6 Å². The van der Waals surface area contributed by atoms with E-state index in [1.54, 1.807) is 7.11 Å². The van der Waals surface area contributed by atoms with E-state index in [1.807, 2.05) is 4.57 Å². The van der Waals surface area contributed by atoms with Gasteiger partial charge in [-0.25, -0.2) is 8.78 Å². The number of methoxy groups -OCH3 is 1. The minimum atomic E-state index is -0.971. The SMILES string of the molecule is COCc1c(C2N(C)CC[C@H](C)C2(C)C)c(Nc2cccc(F)c2F)c2n1C(C)(C)CNC2=O. The van der Waals surface area contributed by atoms with Crippen LogP contribution in [0.5, 0.6) is 0 Å². The van der Waals surface area contributed by atoms with Crippen LogP contribution < -0.4 is 10.6 Å². The molecule has 1 fully saturated rings. The molecule has 2 aliphatic rings. The quantitative estimate of drug-likeness (QED) is 0.628. The second kappa shape index (κ2) is 8.64. The van der Waals surface area contributed by atoms with E-state index in [0.29, 0.717) is 30.5 Å². The molecule has 2 N–H and O–H groups in total. The average Bonchev–Trinajstić information content (AvgIpc) is 3.07. The summed E-state index contributed by atoms with van der Waals surface area (Å²) in [4.78, 5) is 15.6. The van der Waals surface area contributed by atoms with E-state index in [0.717, 1.165) is 30.3 Å². The average molecular weight is 475 g/mol. The summed E-state index contributed by atoms with van der Waals surface area (Å²) in [5, 5.41) is 6.13. The number of nitrogens with zero attached hydrogens (tertiary/aromatic N) is 2. The second-order valence-electron chi connectivity index (χ2n) is 11.0. The number of ether oxygens (including phenoxy) is 1. The molecule has 0 aliphatic carbocycles. The molecule has 0 saturated carbocycles. The van der Waals surface area contributed by atoms with Crippen molar-refractivity contribution in [3.63, 3.8) is 0 Å². The molecule has 0 bridgehead atoms. The number of piperidine rings is 1. The van der Waals surface area contributed by atoms with E-state index in [1.165, 1.54) is 12.1 Å². The van der Waals surface area contributed by atoms with Gasteiger partial charge < -0.3 is 19.9 Å². The van der Waals surface area contributed by atoms with E-state index in [-0.39, 0.29) is 23.1 Å². The number of nitrogens with one attached hydrogen (secondary N) is 2. The molecule has 3 heterocycles. The molecule has 1 saturated heterocycles. The third kappa shape index (κ3) is 3.81. The number of hydrogen-bond acceptors (Lipinski definition) is 4. The Morgan fingerprint density at radius 2 is 1.94 bits per heavy atom. The van der Waals surface area contributed by atoms with Crippen LogP contribution in [-0.2, 0) is 16.9 Å². The van der Waals surface area contributed by atoms with Crippen LogP contribution in [0.1, 0.15) is 68.8 Å². The van der Waals surface area contributed by atoms with Gasteiger partial charge in [-0.2, -0.15) is 0 Å². The minimum Gasteiger partial charge on any atom is -0.378 e. The van der Waals surface area contributed by atoms with Crippen LogP contribution in [0.15, 0.2) is 18.2 Å². The van der Waals surface area contributed by atoms with Gasteiger partial charge in [0.2, 0.25) is 0 Å². The summed E-state index contributed by atoms with van der Waals surface area (Å²) in [5.74, 6) is -1.74. The molecule has 0 spiro atoms. The first-order valence-electron chi connectivity index (χ1n) is 11.9. The fraction of sp³-hybridized carbons (Fsp3) is 0.577. The first kappa shape index (κ1) is 24.7. The van der Waals surface area contributed by atoms with E-state index >= 15 is 0 Å². The Kier molecular flexibility index (Phi) is 6.27. The molecule has 2 aromatic rings. The molecular weight excluding hydrogens is 438 g/mol. The number of fused-ring (bicyclic) bond motifs is 1. The van der Waals surface area contributed by atoms with Crippen molar-refractivity contribution in [1.29, 1.82) is 0 Å². The summed E-state index contributed by atoms with van der Waals surface area (Å²) in [6.07, 6.45) is 1.06. The van der Waals surface area contributed by atoms with Gasteiger partial charge in [-0.3, -0.25) is 9.69 Å². The normalized spacial score (nSPS) is 24.0. The largest absolute Gasteiger partial charge is 0.378 e. The molecule has 2 atom stereocenters. The van der Waals surface area contributed by atoms with Crippen molar-refractivity contribution in [2.45, 2.75) is 59.2 Å². The second-order valence-corrected chi connectivity index (χ2v) is 11.0. The Balaban J connectivity index is 2.06. The lowest BCUT2D eigenvalue weighted by Gasteiger charge is -2.49. The van der Waals surface area contributed by atoms with Crippen LogP contribution in [0.3, 0.4) is 0 Å². The summed E-state index contributed by atoms with van der Waals surface area (Å²) >= 11 is 0. The molecule has 1 unspecified atom stereocenters. The standard InChI is InChI=1S/C26H36F2N4O2/c1-15-11-12-31(6)23(26(15,4)5)19-18(13-34-7)32-22(24(33)29-14-25(32,2)3)21(19)30-17-10-8-9-16(27)20(17)28/h8-10,15,23,30H,11-14H2,1-7H3,(H,29,33)/t15-,23?/m0/s1. The molecule has 34 heavy (non-hydrogen) atoms. The Morgan fingerprint density at radius 1 is 1.24 bits per heavy atom. The molecule has 1 aromatic heterocycles. The smallest absolute Gasteiger partial charge is 0.270 e. The number of carbonyl (C=O) groups is 1. The number of aromatic nitrogens is 1. The van der Waals surface area contributed by atoms with Gasteiger partial charge in [0.05, 0.1) is 29.2 Å². The first-order chi connectivity index (χ1) is 15.9. The number of halogens is 2. The Hall–Kier alpha value is -2.45. The zero-order valence-electron chi connectivity index (χ0n) is 21.2. The maximum atomic E-state index is 14.8. The van der Waals surface area contributed by atoms with E-state index < -0.39 is 17.2 Å². The van der Waals surface area contributed by atoms with Gasteiger partial charge in [0.25, 0.3) is 5.91 Å². The number of amides is 1. The number of hydrogen-bond donors (Lipinski definition) is 2. The van der Waals surface area contributed by atoms with Gasteiger partial charge in [-0.15, -0.1) is 0 Å². The number of benzene rings is 1. The van der Waals surface area contributed by atoms with Gasteiger partial charge in [-0.1, -0.05) is 26.8 Å². The van der Waals surface area contributed by atoms with Gasteiger partial charge in [0.1, 0.15) is 5.69 Å². The highest BCUT2D eigenvalue weighted by atomic mass is 19.2.